The molecule has 1 aliphatic rings. The number of aliphatic hydroxyl groups is 1. The number of hydrogen-bond donors (Lipinski definition) is 1. The number of rotatable bonds is 9. The first-order valence-electron chi connectivity index (χ1n) is 7.53. The maximum absolute atomic E-state index is 9.02. The lowest BCUT2D eigenvalue weighted by molar-refractivity contribution is -0.0260. The third kappa shape index (κ3) is 4.26. The van der Waals surface area contributed by atoms with Crippen molar-refractivity contribution in [3.8, 4) is 0 Å². The second-order valence-corrected chi connectivity index (χ2v) is 5.96. The van der Waals surface area contributed by atoms with Crippen LogP contribution in [0.5, 0.6) is 0 Å². The van der Waals surface area contributed by atoms with E-state index >= 15 is 0 Å². The van der Waals surface area contributed by atoms with Crippen molar-refractivity contribution in [1.82, 2.24) is 4.90 Å². The van der Waals surface area contributed by atoms with E-state index in [0.717, 1.165) is 6.42 Å². The normalized spacial score (nSPS) is 21.2. The summed E-state index contributed by atoms with van der Waals surface area (Å²) in [5.41, 5.74) is 0.640. The predicted octanol–water partition coefficient (Wildman–Crippen LogP) is 3.30. The average Bonchev–Trinajstić information content (AvgIpc) is 2.26. The van der Waals surface area contributed by atoms with Gasteiger partial charge in [-0.3, -0.25) is 0 Å². The summed E-state index contributed by atoms with van der Waals surface area (Å²) >= 11 is 0. The molecule has 0 radical (unpaired) electrons. The van der Waals surface area contributed by atoms with Crippen molar-refractivity contribution >= 4 is 0 Å². The fourth-order valence-corrected chi connectivity index (χ4v) is 3.51. The Hall–Kier alpha value is -0.0800. The molecule has 0 saturated carbocycles. The molecule has 1 rings (SSSR count). The fraction of sp³-hybridized carbons (Fsp3) is 1.00. The summed E-state index contributed by atoms with van der Waals surface area (Å²) in [5.74, 6) is 0.696. The van der Waals surface area contributed by atoms with Crippen LogP contribution in [-0.2, 0) is 0 Å². The molecular formula is C15H31NO. The second-order valence-electron chi connectivity index (χ2n) is 5.96. The molecular weight excluding hydrogens is 210 g/mol. The Morgan fingerprint density at radius 1 is 1.12 bits per heavy atom. The first kappa shape index (κ1) is 15.0. The number of aliphatic hydroxyl groups excluding tert-OH is 1. The van der Waals surface area contributed by atoms with Gasteiger partial charge < -0.3 is 10.0 Å². The summed E-state index contributed by atoms with van der Waals surface area (Å²) < 4.78 is 0. The van der Waals surface area contributed by atoms with E-state index in [2.05, 4.69) is 25.7 Å². The highest BCUT2D eigenvalue weighted by Crippen LogP contribution is 2.40. The van der Waals surface area contributed by atoms with E-state index in [1.165, 1.54) is 51.7 Å². The van der Waals surface area contributed by atoms with Crippen molar-refractivity contribution in [2.75, 3.05) is 26.2 Å². The summed E-state index contributed by atoms with van der Waals surface area (Å²) in [4.78, 5) is 2.61. The van der Waals surface area contributed by atoms with Gasteiger partial charge in [-0.05, 0) is 30.6 Å². The van der Waals surface area contributed by atoms with Gasteiger partial charge in [0.1, 0.15) is 0 Å². The first-order chi connectivity index (χ1) is 8.19. The Bertz CT molecular complexity index is 191. The van der Waals surface area contributed by atoms with Gasteiger partial charge in [0.25, 0.3) is 0 Å². The van der Waals surface area contributed by atoms with Crippen molar-refractivity contribution in [2.45, 2.75) is 59.3 Å². The van der Waals surface area contributed by atoms with Crippen molar-refractivity contribution in [3.05, 3.63) is 0 Å². The zero-order valence-corrected chi connectivity index (χ0v) is 12.0. The minimum absolute atomic E-state index is 0.349. The van der Waals surface area contributed by atoms with Crippen LogP contribution in [0.1, 0.15) is 59.3 Å². The zero-order chi connectivity index (χ0) is 12.7. The zero-order valence-electron chi connectivity index (χ0n) is 12.0. The number of nitrogens with zero attached hydrogens (tertiary/aromatic N) is 1. The Labute approximate surface area is 107 Å². The molecule has 0 aromatic carbocycles. The molecule has 0 bridgehead atoms. The monoisotopic (exact) mass is 241 g/mol. The van der Waals surface area contributed by atoms with Crippen LogP contribution < -0.4 is 0 Å². The molecule has 1 atom stereocenters. The van der Waals surface area contributed by atoms with Gasteiger partial charge in [-0.2, -0.15) is 0 Å². The number of likely N-dealkylation sites (tertiary alicyclic amines) is 1. The van der Waals surface area contributed by atoms with Gasteiger partial charge in [0.15, 0.2) is 0 Å². The largest absolute Gasteiger partial charge is 0.396 e. The molecule has 102 valence electrons. The summed E-state index contributed by atoms with van der Waals surface area (Å²) in [7, 11) is 0. The van der Waals surface area contributed by atoms with Gasteiger partial charge in [-0.1, -0.05) is 40.0 Å². The molecule has 0 spiro atoms. The quantitative estimate of drug-likeness (QED) is 0.669. The van der Waals surface area contributed by atoms with Crippen LogP contribution >= 0.6 is 0 Å². The minimum atomic E-state index is 0.349. The molecule has 17 heavy (non-hydrogen) atoms. The molecule has 2 heteroatoms. The van der Waals surface area contributed by atoms with Gasteiger partial charge in [0, 0.05) is 26.2 Å². The Morgan fingerprint density at radius 3 is 2.12 bits per heavy atom. The van der Waals surface area contributed by atoms with E-state index in [9.17, 15) is 0 Å². The lowest BCUT2D eigenvalue weighted by Gasteiger charge is -2.52. The smallest absolute Gasteiger partial charge is 0.0434 e. The van der Waals surface area contributed by atoms with Crippen molar-refractivity contribution in [2.24, 2.45) is 11.3 Å². The summed E-state index contributed by atoms with van der Waals surface area (Å²) in [6.07, 6.45) is 7.61. The molecule has 1 unspecified atom stereocenters. The minimum Gasteiger partial charge on any atom is -0.396 e. The van der Waals surface area contributed by atoms with Crippen LogP contribution in [0.2, 0.25) is 0 Å². The lowest BCUT2D eigenvalue weighted by atomic mass is 9.72. The average molecular weight is 241 g/mol. The van der Waals surface area contributed by atoms with Gasteiger partial charge in [-0.15, -0.1) is 0 Å². The summed E-state index contributed by atoms with van der Waals surface area (Å²) in [5, 5.41) is 9.02. The van der Waals surface area contributed by atoms with E-state index in [1.807, 2.05) is 0 Å². The molecule has 1 fully saturated rings. The molecule has 1 heterocycles. The maximum Gasteiger partial charge on any atom is 0.0434 e. The third-order valence-corrected chi connectivity index (χ3v) is 4.31. The van der Waals surface area contributed by atoms with E-state index < -0.39 is 0 Å². The molecule has 2 nitrogen and oxygen atoms in total. The third-order valence-electron chi connectivity index (χ3n) is 4.31. The molecule has 0 aliphatic carbocycles. The molecule has 1 N–H and O–H groups in total. The molecule has 0 aromatic heterocycles. The van der Waals surface area contributed by atoms with E-state index in [4.69, 9.17) is 5.11 Å². The Morgan fingerprint density at radius 2 is 1.71 bits per heavy atom. The van der Waals surface area contributed by atoms with Crippen molar-refractivity contribution in [1.29, 1.82) is 0 Å². The first-order valence-corrected chi connectivity index (χ1v) is 7.53. The highest BCUT2D eigenvalue weighted by Gasteiger charge is 2.41. The lowest BCUT2D eigenvalue weighted by Crippen LogP contribution is -2.57. The van der Waals surface area contributed by atoms with E-state index in [-0.39, 0.29) is 0 Å². The SMILES string of the molecule is CCCC1(CCC)CN(CC(CC)CCO)C1. The van der Waals surface area contributed by atoms with Crippen LogP contribution in [0.3, 0.4) is 0 Å². The van der Waals surface area contributed by atoms with Gasteiger partial charge in [0.05, 0.1) is 0 Å². The molecule has 1 saturated heterocycles. The number of hydrogen-bond acceptors (Lipinski definition) is 2. The van der Waals surface area contributed by atoms with Crippen molar-refractivity contribution < 1.29 is 5.11 Å². The summed E-state index contributed by atoms with van der Waals surface area (Å²) in [6.45, 7) is 11.0. The standard InChI is InChI=1S/C15H31NO/c1-4-8-15(9-5-2)12-16(13-15)11-14(6-3)7-10-17/h14,17H,4-13H2,1-3H3. The van der Waals surface area contributed by atoms with Crippen LogP contribution in [0.25, 0.3) is 0 Å². The highest BCUT2D eigenvalue weighted by atomic mass is 16.3. The highest BCUT2D eigenvalue weighted by molar-refractivity contribution is 4.94. The topological polar surface area (TPSA) is 23.5 Å². The van der Waals surface area contributed by atoms with E-state index in [1.54, 1.807) is 0 Å². The van der Waals surface area contributed by atoms with Gasteiger partial charge in [0.2, 0.25) is 0 Å². The molecule has 0 amide bonds. The fourth-order valence-electron chi connectivity index (χ4n) is 3.51. The van der Waals surface area contributed by atoms with Crippen LogP contribution in [0.15, 0.2) is 0 Å². The van der Waals surface area contributed by atoms with Crippen molar-refractivity contribution in [3.63, 3.8) is 0 Å². The second kappa shape index (κ2) is 7.38. The Kier molecular flexibility index (Phi) is 6.50. The van der Waals surface area contributed by atoms with E-state index in [0.29, 0.717) is 17.9 Å². The Balaban J connectivity index is 2.32. The predicted molar refractivity (Wildman–Crippen MR) is 74.2 cm³/mol. The maximum atomic E-state index is 9.02. The van der Waals surface area contributed by atoms with Crippen LogP contribution in [0, 0.1) is 11.3 Å². The molecule has 1 aliphatic heterocycles. The van der Waals surface area contributed by atoms with Crippen LogP contribution in [-0.4, -0.2) is 36.2 Å². The molecule has 0 aromatic rings. The van der Waals surface area contributed by atoms with Gasteiger partial charge in [-0.25, -0.2) is 0 Å². The summed E-state index contributed by atoms with van der Waals surface area (Å²) in [6, 6.07) is 0. The van der Waals surface area contributed by atoms with Gasteiger partial charge >= 0.3 is 0 Å². The van der Waals surface area contributed by atoms with Crippen LogP contribution in [0.4, 0.5) is 0 Å².